The van der Waals surface area contributed by atoms with Crippen molar-refractivity contribution in [2.75, 3.05) is 19.6 Å². The van der Waals surface area contributed by atoms with Gasteiger partial charge in [-0.3, -0.25) is 0 Å². The van der Waals surface area contributed by atoms with Gasteiger partial charge in [0.1, 0.15) is 0 Å². The maximum absolute atomic E-state index is 13.4. The molecule has 6 nitrogen and oxygen atoms in total. The van der Waals surface area contributed by atoms with Gasteiger partial charge in [-0.1, -0.05) is 6.07 Å². The number of alkyl halides is 3. The molecular weight excluding hydrogens is 838 g/mol. The molecule has 0 atom stereocenters. The molecule has 0 saturated carbocycles. The fourth-order valence-electron chi connectivity index (χ4n) is 4.46. The number of amides is 1. The molecule has 202 valence electrons. The van der Waals surface area contributed by atoms with Gasteiger partial charge in [-0.15, -0.1) is 0 Å². The number of nitrogens with zero attached hydrogens (tertiary/aromatic N) is 3. The van der Waals surface area contributed by atoms with Crippen molar-refractivity contribution in [1.29, 1.82) is 0 Å². The second-order valence-corrected chi connectivity index (χ2v) is 18.1. The number of hydrogen-bond donors (Lipinski definition) is 2. The third-order valence-corrected chi connectivity index (χ3v) is 16.3. The Bertz CT molecular complexity index is 1370. The number of benzene rings is 2. The first-order chi connectivity index (χ1) is 18.2. The number of hydrogen-bond acceptors (Lipinski definition) is 4. The Kier molecular flexibility index (Phi) is 8.66. The molecule has 3 aliphatic heterocycles. The van der Waals surface area contributed by atoms with E-state index in [0.717, 1.165) is 27.0 Å². The van der Waals surface area contributed by atoms with E-state index in [1.807, 2.05) is 18.2 Å². The summed E-state index contributed by atoms with van der Waals surface area (Å²) in [6, 6.07) is 12.2. The molecule has 3 heterocycles. The van der Waals surface area contributed by atoms with E-state index in [1.54, 1.807) is 12.1 Å². The number of rotatable bonds is 4. The van der Waals surface area contributed by atoms with Gasteiger partial charge in [-0.2, -0.15) is 13.2 Å². The number of fused-ring (bicyclic) bond motifs is 1. The standard InChI is InChI=1S/C26H23F3I3N4O2/c27-26(28,29)19-7-3-1-5-17(19)25(38)35-11-9-16(10-12-35)15-33-23-13-21(18-6-2-4-8-22(18)37)34-24-20(30)14-31-32-36(23)24/h1-8,13-14,16,34,37H,9-12,15H2/q-1. The van der Waals surface area contributed by atoms with Crippen molar-refractivity contribution in [3.05, 3.63) is 80.7 Å². The van der Waals surface area contributed by atoms with Gasteiger partial charge in [0.2, 0.25) is 0 Å². The van der Waals surface area contributed by atoms with Crippen molar-refractivity contribution in [3.8, 4) is 5.75 Å². The number of carbonyl (C=O) groups excluding carboxylic acids is 1. The molecule has 0 radical (unpaired) electrons. The van der Waals surface area contributed by atoms with E-state index < -0.39 is 17.6 Å². The summed E-state index contributed by atoms with van der Waals surface area (Å²) < 4.78 is 46.0. The second-order valence-electron chi connectivity index (χ2n) is 8.91. The Hall–Kier alpha value is -1.69. The van der Waals surface area contributed by atoms with Gasteiger partial charge in [-0.25, -0.2) is 0 Å². The number of halogens is 6. The van der Waals surface area contributed by atoms with Crippen LogP contribution in [0.25, 0.3) is 5.70 Å². The quantitative estimate of drug-likeness (QED) is 0.367. The molecule has 2 aromatic rings. The van der Waals surface area contributed by atoms with Gasteiger partial charge in [-0.05, 0) is 0 Å². The summed E-state index contributed by atoms with van der Waals surface area (Å²) in [6.45, 7) is 1.38. The number of aromatic hydroxyl groups is 1. The number of likely N-dealkylation sites (tertiary alicyclic amines) is 1. The molecule has 5 rings (SSSR count). The predicted molar refractivity (Wildman–Crippen MR) is 155 cm³/mol. The molecule has 0 aromatic heterocycles. The van der Waals surface area contributed by atoms with Crippen molar-refractivity contribution in [2.24, 2.45) is 10.9 Å². The van der Waals surface area contributed by atoms with Gasteiger partial charge in [0, 0.05) is 0 Å². The molecule has 1 fully saturated rings. The first-order valence-corrected chi connectivity index (χ1v) is 21.4. The molecule has 1 saturated heterocycles. The first-order valence-electron chi connectivity index (χ1n) is 11.8. The molecule has 0 spiro atoms. The third kappa shape index (κ3) is 6.05. The van der Waals surface area contributed by atoms with E-state index in [0.29, 0.717) is 38.0 Å². The minimum atomic E-state index is -4.57. The van der Waals surface area contributed by atoms with Gasteiger partial charge in [0.05, 0.1) is 0 Å². The summed E-state index contributed by atoms with van der Waals surface area (Å²) in [7, 11) is 0. The molecule has 0 aliphatic carbocycles. The summed E-state index contributed by atoms with van der Waals surface area (Å²) in [5, 5.41) is 13.9. The third-order valence-electron chi connectivity index (χ3n) is 6.46. The summed E-state index contributed by atoms with van der Waals surface area (Å²) in [5.41, 5.74) is 0.322. The molecule has 12 heteroatoms. The van der Waals surface area contributed by atoms with Gasteiger partial charge < -0.3 is 0 Å². The van der Waals surface area contributed by atoms with Crippen LogP contribution < -0.4 is 22.8 Å². The van der Waals surface area contributed by atoms with Crippen LogP contribution in [0, 0.1) is 5.92 Å². The average Bonchev–Trinajstić information content (AvgIpc) is 2.92. The number of nitrogens with one attached hydrogen (secondary N) is 1. The Labute approximate surface area is 248 Å². The molecular formula is C26H23F3I3N4O2-. The first kappa shape index (κ1) is 27.9. The van der Waals surface area contributed by atoms with Crippen LogP contribution in [-0.2, 0) is 6.18 Å². The number of piperidine rings is 1. The van der Waals surface area contributed by atoms with Crippen LogP contribution in [0.2, 0.25) is 0 Å². The maximum atomic E-state index is 13.4. The average molecular weight is 861 g/mol. The zero-order chi connectivity index (χ0) is 26.9. The van der Waals surface area contributed by atoms with Crippen molar-refractivity contribution in [2.45, 2.75) is 19.0 Å². The molecule has 2 N–H and O–H groups in total. The number of carbonyl (C=O) groups is 1. The van der Waals surface area contributed by atoms with E-state index >= 15 is 0 Å². The van der Waals surface area contributed by atoms with E-state index in [1.165, 1.54) is 23.1 Å². The van der Waals surface area contributed by atoms with Gasteiger partial charge in [0.25, 0.3) is 0 Å². The zero-order valence-corrected chi connectivity index (χ0v) is 26.3. The van der Waals surface area contributed by atoms with Gasteiger partial charge >= 0.3 is 231 Å². The van der Waals surface area contributed by atoms with Crippen LogP contribution >= 0.6 is 39.3 Å². The minimum absolute atomic E-state index is 0.0274. The van der Waals surface area contributed by atoms with Crippen molar-refractivity contribution in [1.82, 2.24) is 13.3 Å². The Morgan fingerprint density at radius 2 is 1.87 bits per heavy atom. The number of phenolic OH excluding ortho intramolecular Hbond substituents is 1. The van der Waals surface area contributed by atoms with Crippen LogP contribution in [0.5, 0.6) is 5.75 Å². The monoisotopic (exact) mass is 861 g/mol. The summed E-state index contributed by atoms with van der Waals surface area (Å²) >= 11 is 2.10. The molecule has 3 aliphatic rings. The summed E-state index contributed by atoms with van der Waals surface area (Å²) in [4.78, 5) is 19.4. The topological polar surface area (TPSA) is 68.2 Å². The normalized spacial score (nSPS) is 19.8. The van der Waals surface area contributed by atoms with E-state index in [2.05, 4.69) is 35.0 Å². The van der Waals surface area contributed by atoms with E-state index in [4.69, 9.17) is 4.99 Å². The number of allylic oxidation sites excluding steroid dienone is 1. The Morgan fingerprint density at radius 3 is 2.61 bits per heavy atom. The predicted octanol–water partition coefficient (Wildman–Crippen LogP) is 2.92. The van der Waals surface area contributed by atoms with Crippen LogP contribution in [0.15, 0.2) is 69.0 Å². The van der Waals surface area contributed by atoms with E-state index in [-0.39, 0.29) is 51.5 Å². The summed E-state index contributed by atoms with van der Waals surface area (Å²) in [6.07, 6.45) is -1.22. The van der Waals surface area contributed by atoms with Crippen molar-refractivity contribution in [3.63, 3.8) is 0 Å². The fraction of sp³-hybridized carbons (Fsp3) is 0.269. The number of phenols is 1. The van der Waals surface area contributed by atoms with Crippen LogP contribution in [0.3, 0.4) is 0 Å². The number of aliphatic imine (C=N–C) groups is 1. The Morgan fingerprint density at radius 1 is 1.16 bits per heavy atom. The van der Waals surface area contributed by atoms with Crippen molar-refractivity contribution < 1.29 is 40.6 Å². The molecule has 1 amide bonds. The van der Waals surface area contributed by atoms with Crippen LogP contribution in [-0.4, -0.2) is 48.5 Å². The van der Waals surface area contributed by atoms with Crippen molar-refractivity contribution >= 4 is 60.8 Å². The van der Waals surface area contributed by atoms with Crippen LogP contribution in [0.4, 0.5) is 13.2 Å². The Balaban J connectivity index is 1.30. The fourth-order valence-corrected chi connectivity index (χ4v) is 17.1. The van der Waals surface area contributed by atoms with E-state index in [9.17, 15) is 23.1 Å². The molecule has 2 aromatic carbocycles. The second kappa shape index (κ2) is 11.8. The molecule has 0 bridgehead atoms. The van der Waals surface area contributed by atoms with Crippen LogP contribution in [0.1, 0.15) is 34.3 Å². The number of para-hydroxylation sites is 1. The van der Waals surface area contributed by atoms with Gasteiger partial charge in [0.15, 0.2) is 0 Å². The molecule has 38 heavy (non-hydrogen) atoms. The SMILES string of the molecule is O=C(c1ccccc1C(F)(F)F)N1CCC(CN=C2C=C(c3ccccc3O)NC3=C(I)C=I[I-]N23)CC1. The number of amidine groups is 1. The zero-order valence-electron chi connectivity index (χ0n) is 19.9. The molecule has 0 unspecified atom stereocenters. The summed E-state index contributed by atoms with van der Waals surface area (Å²) in [5.74, 6) is 1.74.